The van der Waals surface area contributed by atoms with E-state index in [0.717, 1.165) is 23.5 Å². The highest BCUT2D eigenvalue weighted by Gasteiger charge is 2.30. The summed E-state index contributed by atoms with van der Waals surface area (Å²) < 4.78 is 5.58. The van der Waals surface area contributed by atoms with Gasteiger partial charge >= 0.3 is 0 Å². The van der Waals surface area contributed by atoms with Gasteiger partial charge in [0.15, 0.2) is 0 Å². The lowest BCUT2D eigenvalue weighted by Crippen LogP contribution is -2.44. The van der Waals surface area contributed by atoms with Crippen LogP contribution in [0.3, 0.4) is 0 Å². The van der Waals surface area contributed by atoms with E-state index in [1.807, 2.05) is 30.2 Å². The Morgan fingerprint density at radius 3 is 3.12 bits per heavy atom. The number of rotatable bonds is 4. The van der Waals surface area contributed by atoms with Gasteiger partial charge < -0.3 is 19.6 Å². The van der Waals surface area contributed by atoms with Gasteiger partial charge in [-0.05, 0) is 25.0 Å². The Kier molecular flexibility index (Phi) is 4.28. The van der Waals surface area contributed by atoms with E-state index in [4.69, 9.17) is 4.74 Å². The maximum atomic E-state index is 12.8. The lowest BCUT2D eigenvalue weighted by atomic mass is 10.1. The molecule has 0 saturated carbocycles. The zero-order valence-electron chi connectivity index (χ0n) is 14.3. The normalized spacial score (nSPS) is 18.0. The summed E-state index contributed by atoms with van der Waals surface area (Å²) in [6.45, 7) is 3.64. The number of amides is 1. The number of ether oxygens (including phenoxy) is 1. The van der Waals surface area contributed by atoms with Crippen molar-refractivity contribution in [3.63, 3.8) is 0 Å². The smallest absolute Gasteiger partial charge is 0.223 e. The topological polar surface area (TPSA) is 74.0 Å². The second kappa shape index (κ2) is 6.72. The van der Waals surface area contributed by atoms with Crippen molar-refractivity contribution in [1.29, 1.82) is 0 Å². The minimum Gasteiger partial charge on any atom is -0.377 e. The van der Waals surface area contributed by atoms with E-state index < -0.39 is 0 Å². The van der Waals surface area contributed by atoms with Crippen LogP contribution < -0.4 is 0 Å². The number of hydrogen-bond acceptors (Lipinski definition) is 3. The lowest BCUT2D eigenvalue weighted by molar-refractivity contribution is -0.140. The predicted octanol–water partition coefficient (Wildman–Crippen LogP) is 2.73. The molecule has 0 unspecified atom stereocenters. The van der Waals surface area contributed by atoms with Crippen LogP contribution in [0.15, 0.2) is 36.7 Å². The van der Waals surface area contributed by atoms with Crippen LogP contribution in [0.4, 0.5) is 0 Å². The maximum Gasteiger partial charge on any atom is 0.223 e. The minimum absolute atomic E-state index is 0.127. The second-order valence-electron chi connectivity index (χ2n) is 6.49. The highest BCUT2D eigenvalue weighted by molar-refractivity contribution is 5.84. The van der Waals surface area contributed by atoms with E-state index >= 15 is 0 Å². The van der Waals surface area contributed by atoms with Crippen LogP contribution in [-0.4, -0.2) is 45.5 Å². The number of carbonyl (C=O) groups is 1. The minimum atomic E-state index is -0.127. The molecule has 1 fully saturated rings. The van der Waals surface area contributed by atoms with Crippen molar-refractivity contribution >= 4 is 16.8 Å². The number of aromatic nitrogens is 3. The fourth-order valence-electron chi connectivity index (χ4n) is 3.45. The molecular weight excluding hydrogens is 316 g/mol. The Morgan fingerprint density at radius 1 is 1.40 bits per heavy atom. The van der Waals surface area contributed by atoms with Gasteiger partial charge in [-0.2, -0.15) is 0 Å². The number of nitrogens with one attached hydrogen (secondary N) is 2. The number of benzene rings is 1. The van der Waals surface area contributed by atoms with Crippen molar-refractivity contribution in [2.75, 3.05) is 19.8 Å². The van der Waals surface area contributed by atoms with E-state index in [-0.39, 0.29) is 11.9 Å². The fraction of sp³-hybridized carbons (Fsp3) is 0.368. The Labute approximate surface area is 146 Å². The Morgan fingerprint density at radius 2 is 2.28 bits per heavy atom. The Bertz CT molecular complexity index is 882. The van der Waals surface area contributed by atoms with E-state index in [1.165, 1.54) is 10.9 Å². The number of aromatic amines is 2. The predicted molar refractivity (Wildman–Crippen MR) is 95.2 cm³/mol. The van der Waals surface area contributed by atoms with Gasteiger partial charge in [-0.3, -0.25) is 4.79 Å². The summed E-state index contributed by atoms with van der Waals surface area (Å²) in [5.41, 5.74) is 3.29. The molecule has 1 amide bonds. The van der Waals surface area contributed by atoms with Gasteiger partial charge in [0.1, 0.15) is 11.9 Å². The molecule has 130 valence electrons. The molecule has 1 atom stereocenters. The van der Waals surface area contributed by atoms with Crippen molar-refractivity contribution in [3.8, 4) is 0 Å². The molecule has 4 rings (SSSR count). The molecule has 1 aliphatic rings. The third-order valence-electron chi connectivity index (χ3n) is 4.77. The van der Waals surface area contributed by atoms with Gasteiger partial charge in [-0.1, -0.05) is 18.2 Å². The first-order chi connectivity index (χ1) is 12.2. The van der Waals surface area contributed by atoms with Crippen LogP contribution in [0.5, 0.6) is 0 Å². The quantitative estimate of drug-likeness (QED) is 0.768. The first-order valence-corrected chi connectivity index (χ1v) is 8.66. The number of H-pyrrole nitrogens is 2. The summed E-state index contributed by atoms with van der Waals surface area (Å²) in [5.74, 6) is 0.949. The second-order valence-corrected chi connectivity index (χ2v) is 6.49. The number of para-hydroxylation sites is 1. The van der Waals surface area contributed by atoms with Crippen LogP contribution in [0.25, 0.3) is 10.9 Å². The van der Waals surface area contributed by atoms with Crippen molar-refractivity contribution in [3.05, 3.63) is 53.7 Å². The van der Waals surface area contributed by atoms with Crippen LogP contribution in [-0.2, 0) is 16.0 Å². The molecule has 0 spiro atoms. The first kappa shape index (κ1) is 15.9. The molecular formula is C19H22N4O2. The van der Waals surface area contributed by atoms with Crippen molar-refractivity contribution in [2.45, 2.75) is 25.8 Å². The van der Waals surface area contributed by atoms with Gasteiger partial charge in [0, 0.05) is 42.0 Å². The van der Waals surface area contributed by atoms with Crippen LogP contribution in [0, 0.1) is 6.92 Å². The molecule has 6 heteroatoms. The highest BCUT2D eigenvalue weighted by atomic mass is 16.5. The van der Waals surface area contributed by atoms with E-state index in [2.05, 4.69) is 27.1 Å². The highest BCUT2D eigenvalue weighted by Crippen LogP contribution is 2.24. The summed E-state index contributed by atoms with van der Waals surface area (Å²) in [4.78, 5) is 25.6. The Balaban J connectivity index is 1.47. The number of carbonyl (C=O) groups excluding carboxylic acids is 1. The van der Waals surface area contributed by atoms with Gasteiger partial charge in [0.25, 0.3) is 0 Å². The average molecular weight is 338 g/mol. The van der Waals surface area contributed by atoms with Crippen LogP contribution in [0.1, 0.15) is 29.5 Å². The lowest BCUT2D eigenvalue weighted by Gasteiger charge is -2.34. The number of nitrogens with zero attached hydrogens (tertiary/aromatic N) is 2. The molecule has 1 aliphatic heterocycles. The molecule has 3 heterocycles. The zero-order chi connectivity index (χ0) is 17.2. The monoisotopic (exact) mass is 338 g/mol. The van der Waals surface area contributed by atoms with Crippen molar-refractivity contribution in [1.82, 2.24) is 19.9 Å². The van der Waals surface area contributed by atoms with Gasteiger partial charge in [-0.25, -0.2) is 4.98 Å². The number of hydrogen-bond donors (Lipinski definition) is 2. The average Bonchev–Trinajstić information content (AvgIpc) is 3.26. The van der Waals surface area contributed by atoms with Crippen LogP contribution >= 0.6 is 0 Å². The molecule has 0 aliphatic carbocycles. The molecule has 2 aromatic heterocycles. The van der Waals surface area contributed by atoms with Gasteiger partial charge in [0.05, 0.1) is 13.2 Å². The number of morpholine rings is 1. The summed E-state index contributed by atoms with van der Waals surface area (Å²) in [6.07, 6.45) is 5.01. The maximum absolute atomic E-state index is 12.8. The summed E-state index contributed by atoms with van der Waals surface area (Å²) in [7, 11) is 0. The molecule has 1 aromatic carbocycles. The number of aryl methyl sites for hydroxylation is 2. The third kappa shape index (κ3) is 3.17. The van der Waals surface area contributed by atoms with E-state index in [9.17, 15) is 4.79 Å². The molecule has 3 aromatic rings. The SMILES string of the molecule is Cc1cnc([C@@H]2COCCN2C(=O)CCc2c[nH]c3ccccc23)[nH]1. The molecule has 0 radical (unpaired) electrons. The molecule has 6 nitrogen and oxygen atoms in total. The van der Waals surface area contributed by atoms with Crippen molar-refractivity contribution < 1.29 is 9.53 Å². The summed E-state index contributed by atoms with van der Waals surface area (Å²) in [5, 5.41) is 1.19. The van der Waals surface area contributed by atoms with Gasteiger partial charge in [0.2, 0.25) is 5.91 Å². The van der Waals surface area contributed by atoms with E-state index in [0.29, 0.717) is 26.2 Å². The first-order valence-electron chi connectivity index (χ1n) is 8.66. The molecule has 25 heavy (non-hydrogen) atoms. The molecule has 0 bridgehead atoms. The molecule has 1 saturated heterocycles. The van der Waals surface area contributed by atoms with Gasteiger partial charge in [-0.15, -0.1) is 0 Å². The summed E-state index contributed by atoms with van der Waals surface area (Å²) in [6, 6.07) is 8.06. The number of imidazole rings is 1. The fourth-order valence-corrected chi connectivity index (χ4v) is 3.45. The Hall–Kier alpha value is -2.60. The zero-order valence-corrected chi connectivity index (χ0v) is 14.3. The standard InChI is InChI=1S/C19H22N4O2/c1-13-10-21-19(22-13)17-12-25-9-8-23(17)18(24)7-6-14-11-20-16-5-3-2-4-15(14)16/h2-5,10-11,17,20H,6-9,12H2,1H3,(H,21,22)/t17-/m0/s1. The largest absolute Gasteiger partial charge is 0.377 e. The summed E-state index contributed by atoms with van der Waals surface area (Å²) >= 11 is 0. The third-order valence-corrected chi connectivity index (χ3v) is 4.77. The van der Waals surface area contributed by atoms with E-state index in [1.54, 1.807) is 6.20 Å². The molecule has 2 N–H and O–H groups in total. The number of fused-ring (bicyclic) bond motifs is 1. The van der Waals surface area contributed by atoms with Crippen LogP contribution in [0.2, 0.25) is 0 Å². The van der Waals surface area contributed by atoms with Crippen molar-refractivity contribution in [2.24, 2.45) is 0 Å².